The van der Waals surface area contributed by atoms with Crippen molar-refractivity contribution in [1.29, 1.82) is 0 Å². The maximum atomic E-state index is 12.2. The maximum Gasteiger partial charge on any atom is 0.287 e. The smallest absolute Gasteiger partial charge is 0.287 e. The Bertz CT molecular complexity index is 493. The van der Waals surface area contributed by atoms with Crippen molar-refractivity contribution in [3.8, 4) is 0 Å². The van der Waals surface area contributed by atoms with Gasteiger partial charge in [-0.1, -0.05) is 0 Å². The lowest BCUT2D eigenvalue weighted by Crippen LogP contribution is -2.42. The van der Waals surface area contributed by atoms with Crippen LogP contribution in [0.4, 0.5) is 5.69 Å². The fourth-order valence-electron chi connectivity index (χ4n) is 2.16. The van der Waals surface area contributed by atoms with Crippen LogP contribution in [-0.4, -0.2) is 28.0 Å². The monoisotopic (exact) mass is 266 g/mol. The Morgan fingerprint density at radius 3 is 2.84 bits per heavy atom. The van der Waals surface area contributed by atoms with Crippen molar-refractivity contribution in [3.63, 3.8) is 0 Å². The molecule has 1 aromatic heterocycles. The number of amides is 1. The van der Waals surface area contributed by atoms with E-state index in [0.717, 1.165) is 12.8 Å². The lowest BCUT2D eigenvalue weighted by Gasteiger charge is -2.16. The van der Waals surface area contributed by atoms with E-state index < -0.39 is 4.92 Å². The Kier molecular flexibility index (Phi) is 3.84. The maximum absolute atomic E-state index is 12.2. The first-order chi connectivity index (χ1) is 9.06. The van der Waals surface area contributed by atoms with Crippen LogP contribution in [0.2, 0.25) is 0 Å². The van der Waals surface area contributed by atoms with Gasteiger partial charge in [0.15, 0.2) is 0 Å². The second-order valence-corrected chi connectivity index (χ2v) is 4.78. The molecule has 1 unspecified atom stereocenters. The largest absolute Gasteiger partial charge is 0.346 e. The zero-order chi connectivity index (χ0) is 14.0. The summed E-state index contributed by atoms with van der Waals surface area (Å²) in [6.07, 6.45) is 3.54. The lowest BCUT2D eigenvalue weighted by atomic mass is 10.2. The molecule has 0 spiro atoms. The number of carbonyl (C=O) groups is 1. The van der Waals surface area contributed by atoms with Crippen molar-refractivity contribution in [3.05, 3.63) is 28.1 Å². The predicted octanol–water partition coefficient (Wildman–Crippen LogP) is 0.883. The molecule has 1 aliphatic rings. The summed E-state index contributed by atoms with van der Waals surface area (Å²) >= 11 is 0. The summed E-state index contributed by atoms with van der Waals surface area (Å²) in [7, 11) is 0. The number of nitro groups is 1. The Balaban J connectivity index is 2.15. The molecule has 7 heteroatoms. The number of nitrogens with one attached hydrogen (secondary N) is 1. The molecular formula is C12H18N4O3. The summed E-state index contributed by atoms with van der Waals surface area (Å²) < 4.78 is 1.58. The minimum Gasteiger partial charge on any atom is -0.346 e. The molecule has 104 valence electrons. The van der Waals surface area contributed by atoms with E-state index in [4.69, 9.17) is 5.73 Å². The normalized spacial score (nSPS) is 16.1. The molecule has 0 bridgehead atoms. The van der Waals surface area contributed by atoms with E-state index >= 15 is 0 Å². The molecule has 1 fully saturated rings. The third-order valence-corrected chi connectivity index (χ3v) is 3.43. The van der Waals surface area contributed by atoms with Gasteiger partial charge in [0, 0.05) is 25.2 Å². The molecule has 0 aliphatic heterocycles. The van der Waals surface area contributed by atoms with E-state index in [1.165, 1.54) is 12.3 Å². The van der Waals surface area contributed by atoms with E-state index in [9.17, 15) is 14.9 Å². The summed E-state index contributed by atoms with van der Waals surface area (Å²) in [5, 5.41) is 13.6. The van der Waals surface area contributed by atoms with Crippen LogP contribution in [0.5, 0.6) is 0 Å². The third kappa shape index (κ3) is 2.93. The highest BCUT2D eigenvalue weighted by Crippen LogP contribution is 2.32. The van der Waals surface area contributed by atoms with E-state index in [2.05, 4.69) is 5.32 Å². The number of carbonyl (C=O) groups excluding carboxylic acids is 1. The van der Waals surface area contributed by atoms with Gasteiger partial charge < -0.3 is 15.6 Å². The molecule has 0 saturated heterocycles. The highest BCUT2D eigenvalue weighted by atomic mass is 16.6. The second kappa shape index (κ2) is 5.40. The van der Waals surface area contributed by atoms with Crippen molar-refractivity contribution in [2.75, 3.05) is 6.54 Å². The summed E-state index contributed by atoms with van der Waals surface area (Å²) in [6, 6.07) is 1.27. The Labute approximate surface area is 110 Å². The summed E-state index contributed by atoms with van der Waals surface area (Å²) in [5.41, 5.74) is 5.88. The Hall–Kier alpha value is -1.89. The molecule has 3 N–H and O–H groups in total. The molecule has 1 atom stereocenters. The molecule has 1 amide bonds. The molecule has 2 rings (SSSR count). The SMILES string of the molecule is CCn1cc([N+](=O)[O-])cc1C(=O)NC(CN)C1CC1. The molecule has 1 heterocycles. The number of rotatable bonds is 6. The van der Waals surface area contributed by atoms with Crippen LogP contribution in [-0.2, 0) is 6.54 Å². The summed E-state index contributed by atoms with van der Waals surface area (Å²) in [6.45, 7) is 2.74. The average molecular weight is 266 g/mol. The van der Waals surface area contributed by atoms with Crippen LogP contribution in [0.15, 0.2) is 12.3 Å². The van der Waals surface area contributed by atoms with Crippen molar-refractivity contribution >= 4 is 11.6 Å². The van der Waals surface area contributed by atoms with Crippen LogP contribution < -0.4 is 11.1 Å². The number of nitrogens with two attached hydrogens (primary N) is 1. The van der Waals surface area contributed by atoms with Gasteiger partial charge in [-0.15, -0.1) is 0 Å². The number of aryl methyl sites for hydroxylation is 1. The molecule has 0 radical (unpaired) electrons. The molecule has 1 saturated carbocycles. The van der Waals surface area contributed by atoms with E-state index in [1.807, 2.05) is 6.92 Å². The molecule has 19 heavy (non-hydrogen) atoms. The third-order valence-electron chi connectivity index (χ3n) is 3.43. The van der Waals surface area contributed by atoms with Gasteiger partial charge >= 0.3 is 0 Å². The topological polar surface area (TPSA) is 103 Å². The van der Waals surface area contributed by atoms with Gasteiger partial charge in [-0.05, 0) is 25.7 Å². The summed E-state index contributed by atoms with van der Waals surface area (Å²) in [4.78, 5) is 22.4. The standard InChI is InChI=1S/C12H18N4O3/c1-2-15-7-9(16(18)19)5-11(15)12(17)14-10(6-13)8-3-4-8/h5,7-8,10H,2-4,6,13H2,1H3,(H,14,17). The van der Waals surface area contributed by atoms with Gasteiger partial charge in [-0.25, -0.2) is 0 Å². The van der Waals surface area contributed by atoms with Crippen molar-refractivity contribution < 1.29 is 9.72 Å². The van der Waals surface area contributed by atoms with Crippen LogP contribution in [0.1, 0.15) is 30.3 Å². The van der Waals surface area contributed by atoms with Crippen molar-refractivity contribution in [2.24, 2.45) is 11.7 Å². The quantitative estimate of drug-likeness (QED) is 0.589. The van der Waals surface area contributed by atoms with E-state index in [0.29, 0.717) is 24.7 Å². The van der Waals surface area contributed by atoms with Crippen LogP contribution in [0, 0.1) is 16.0 Å². The van der Waals surface area contributed by atoms with Crippen molar-refractivity contribution in [1.82, 2.24) is 9.88 Å². The van der Waals surface area contributed by atoms with Gasteiger partial charge in [-0.3, -0.25) is 14.9 Å². The minimum atomic E-state index is -0.496. The van der Waals surface area contributed by atoms with Gasteiger partial charge in [0.1, 0.15) is 5.69 Å². The highest BCUT2D eigenvalue weighted by molar-refractivity contribution is 5.93. The second-order valence-electron chi connectivity index (χ2n) is 4.78. The first-order valence-electron chi connectivity index (χ1n) is 6.42. The Morgan fingerprint density at radius 1 is 1.68 bits per heavy atom. The number of hydrogen-bond donors (Lipinski definition) is 2. The molecular weight excluding hydrogens is 248 g/mol. The van der Waals surface area contributed by atoms with Gasteiger partial charge in [0.05, 0.1) is 11.1 Å². The number of aromatic nitrogens is 1. The van der Waals surface area contributed by atoms with E-state index in [-0.39, 0.29) is 17.6 Å². The molecule has 1 aromatic rings. The number of hydrogen-bond acceptors (Lipinski definition) is 4. The van der Waals surface area contributed by atoms with Gasteiger partial charge in [0.25, 0.3) is 11.6 Å². The van der Waals surface area contributed by atoms with Crippen LogP contribution in [0.3, 0.4) is 0 Å². The van der Waals surface area contributed by atoms with Crippen molar-refractivity contribution in [2.45, 2.75) is 32.4 Å². The first kappa shape index (κ1) is 13.5. The predicted molar refractivity (Wildman–Crippen MR) is 69.8 cm³/mol. The highest BCUT2D eigenvalue weighted by Gasteiger charge is 2.32. The molecule has 1 aliphatic carbocycles. The van der Waals surface area contributed by atoms with Crippen LogP contribution in [0.25, 0.3) is 0 Å². The lowest BCUT2D eigenvalue weighted by molar-refractivity contribution is -0.384. The van der Waals surface area contributed by atoms with E-state index in [1.54, 1.807) is 4.57 Å². The molecule has 7 nitrogen and oxygen atoms in total. The minimum absolute atomic E-state index is 0.0354. The van der Waals surface area contributed by atoms with Gasteiger partial charge in [-0.2, -0.15) is 0 Å². The zero-order valence-corrected chi connectivity index (χ0v) is 10.8. The summed E-state index contributed by atoms with van der Waals surface area (Å²) in [5.74, 6) is 0.159. The average Bonchev–Trinajstić information content (AvgIpc) is 3.13. The number of nitrogens with zero attached hydrogens (tertiary/aromatic N) is 2. The fourth-order valence-corrected chi connectivity index (χ4v) is 2.16. The van der Waals surface area contributed by atoms with Gasteiger partial charge in [0.2, 0.25) is 0 Å². The van der Waals surface area contributed by atoms with Crippen LogP contribution >= 0.6 is 0 Å². The first-order valence-corrected chi connectivity index (χ1v) is 6.42. The Morgan fingerprint density at radius 2 is 2.37 bits per heavy atom. The molecule has 0 aromatic carbocycles. The zero-order valence-electron chi connectivity index (χ0n) is 10.8. The fraction of sp³-hybridized carbons (Fsp3) is 0.583.